The van der Waals surface area contributed by atoms with Gasteiger partial charge in [0, 0.05) is 10.0 Å². The van der Waals surface area contributed by atoms with Gasteiger partial charge in [0.25, 0.3) is 0 Å². The van der Waals surface area contributed by atoms with Crippen molar-refractivity contribution in [1.29, 1.82) is 0 Å². The average Bonchev–Trinajstić information content (AvgIpc) is 1.64. The summed E-state index contributed by atoms with van der Waals surface area (Å²) in [5, 5.41) is 1.36. The molecule has 0 radical (unpaired) electrons. The number of benzene rings is 1. The molecule has 0 saturated carbocycles. The van der Waals surface area contributed by atoms with Crippen LogP contribution in [0.15, 0.2) is 24.3 Å². The second-order valence-electron chi connectivity index (χ2n) is 1.44. The van der Waals surface area contributed by atoms with E-state index in [-0.39, 0.29) is 47.9 Å². The average molecular weight is 242 g/mol. The van der Waals surface area contributed by atoms with E-state index in [0.29, 0.717) is 10.0 Å². The third-order valence-corrected chi connectivity index (χ3v) is 1.26. The van der Waals surface area contributed by atoms with Crippen LogP contribution in [0.3, 0.4) is 0 Å². The summed E-state index contributed by atoms with van der Waals surface area (Å²) in [6, 6.07) is 7.08. The van der Waals surface area contributed by atoms with Gasteiger partial charge in [-0.3, -0.25) is 0 Å². The fraction of sp³-hybridized carbons (Fsp3) is 0. The molecular formula is C6H4Cl4Mg. The molecule has 0 unspecified atom stereocenters. The zero-order valence-electron chi connectivity index (χ0n) is 5.53. The summed E-state index contributed by atoms with van der Waals surface area (Å²) < 4.78 is 0. The van der Waals surface area contributed by atoms with Crippen LogP contribution < -0.4 is 24.8 Å². The summed E-state index contributed by atoms with van der Waals surface area (Å²) in [6.07, 6.45) is 0. The summed E-state index contributed by atoms with van der Waals surface area (Å²) in [5.74, 6) is 0. The Labute approximate surface area is 105 Å². The van der Waals surface area contributed by atoms with Crippen molar-refractivity contribution in [2.24, 2.45) is 0 Å². The molecule has 0 aliphatic carbocycles. The van der Waals surface area contributed by atoms with Gasteiger partial charge in [-0.05, 0) is 18.2 Å². The number of hydrogen-bond donors (Lipinski definition) is 0. The normalized spacial score (nSPS) is 6.73. The van der Waals surface area contributed by atoms with Crippen molar-refractivity contribution in [3.05, 3.63) is 34.3 Å². The van der Waals surface area contributed by atoms with Gasteiger partial charge in [-0.1, -0.05) is 29.3 Å². The second kappa shape index (κ2) is 9.24. The van der Waals surface area contributed by atoms with Crippen molar-refractivity contribution < 1.29 is 24.8 Å². The zero-order chi connectivity index (χ0) is 5.98. The summed E-state index contributed by atoms with van der Waals surface area (Å²) >= 11 is 11.1. The van der Waals surface area contributed by atoms with Gasteiger partial charge in [0.15, 0.2) is 0 Å². The molecule has 0 atom stereocenters. The van der Waals surface area contributed by atoms with Gasteiger partial charge in [-0.15, -0.1) is 0 Å². The van der Waals surface area contributed by atoms with Crippen LogP contribution in [0.25, 0.3) is 0 Å². The van der Waals surface area contributed by atoms with Crippen LogP contribution in [0.4, 0.5) is 0 Å². The molecule has 0 aliphatic heterocycles. The van der Waals surface area contributed by atoms with E-state index in [9.17, 15) is 0 Å². The molecule has 0 aromatic heterocycles. The van der Waals surface area contributed by atoms with Crippen molar-refractivity contribution in [3.63, 3.8) is 0 Å². The Morgan fingerprint density at radius 1 is 0.909 bits per heavy atom. The Hall–Kier alpha value is 1.15. The molecule has 1 rings (SSSR count). The zero-order valence-corrected chi connectivity index (χ0v) is 9.97. The quantitative estimate of drug-likeness (QED) is 0.417. The van der Waals surface area contributed by atoms with E-state index >= 15 is 0 Å². The van der Waals surface area contributed by atoms with Gasteiger partial charge >= 0.3 is 23.1 Å². The molecule has 0 nitrogen and oxygen atoms in total. The molecule has 0 aliphatic rings. The summed E-state index contributed by atoms with van der Waals surface area (Å²) in [6.45, 7) is 0. The van der Waals surface area contributed by atoms with Crippen molar-refractivity contribution >= 4 is 46.3 Å². The van der Waals surface area contributed by atoms with E-state index in [1.807, 2.05) is 6.07 Å². The Kier molecular flexibility index (Phi) is 15.1. The van der Waals surface area contributed by atoms with Crippen LogP contribution in [0, 0.1) is 0 Å². The first-order valence-corrected chi connectivity index (χ1v) is 2.96. The number of rotatable bonds is 0. The minimum atomic E-state index is 0. The number of halogens is 4. The monoisotopic (exact) mass is 240 g/mol. The van der Waals surface area contributed by atoms with E-state index in [0.717, 1.165) is 0 Å². The molecule has 0 spiro atoms. The van der Waals surface area contributed by atoms with E-state index in [1.165, 1.54) is 0 Å². The summed E-state index contributed by atoms with van der Waals surface area (Å²) in [5.41, 5.74) is 0. The molecule has 0 amide bonds. The Morgan fingerprint density at radius 2 is 1.27 bits per heavy atom. The van der Waals surface area contributed by atoms with E-state index in [4.69, 9.17) is 23.2 Å². The predicted molar refractivity (Wildman–Crippen MR) is 42.2 cm³/mol. The standard InChI is InChI=1S/C6H4Cl2.2ClH.Mg/c7-5-2-1-3-6(8)4-5;;;/h1-4H;2*1H;/q;;;+2/p-2. The molecule has 0 fully saturated rings. The molecule has 0 saturated heterocycles. The van der Waals surface area contributed by atoms with Crippen molar-refractivity contribution in [1.82, 2.24) is 0 Å². The van der Waals surface area contributed by atoms with Crippen LogP contribution in [-0.4, -0.2) is 23.1 Å². The van der Waals surface area contributed by atoms with Crippen molar-refractivity contribution in [2.45, 2.75) is 0 Å². The van der Waals surface area contributed by atoms with Crippen LogP contribution in [0.1, 0.15) is 0 Å². The van der Waals surface area contributed by atoms with Crippen LogP contribution in [-0.2, 0) is 0 Å². The van der Waals surface area contributed by atoms with Crippen LogP contribution >= 0.6 is 23.2 Å². The van der Waals surface area contributed by atoms with Crippen LogP contribution in [0.5, 0.6) is 0 Å². The fourth-order valence-corrected chi connectivity index (χ4v) is 0.896. The molecule has 58 valence electrons. The second-order valence-corrected chi connectivity index (χ2v) is 2.31. The molecule has 1 aromatic carbocycles. The molecule has 0 N–H and O–H groups in total. The Morgan fingerprint density at radius 3 is 1.45 bits per heavy atom. The van der Waals surface area contributed by atoms with E-state index in [1.54, 1.807) is 18.2 Å². The minimum Gasteiger partial charge on any atom is -1.00 e. The largest absolute Gasteiger partial charge is 2.00 e. The fourth-order valence-electron chi connectivity index (χ4n) is 0.460. The molecule has 11 heavy (non-hydrogen) atoms. The summed E-state index contributed by atoms with van der Waals surface area (Å²) in [4.78, 5) is 0. The predicted octanol–water partition coefficient (Wildman–Crippen LogP) is -3.38. The summed E-state index contributed by atoms with van der Waals surface area (Å²) in [7, 11) is 0. The van der Waals surface area contributed by atoms with Gasteiger partial charge in [0.2, 0.25) is 0 Å². The van der Waals surface area contributed by atoms with E-state index < -0.39 is 0 Å². The molecule has 0 heterocycles. The van der Waals surface area contributed by atoms with Gasteiger partial charge in [-0.25, -0.2) is 0 Å². The van der Waals surface area contributed by atoms with Gasteiger partial charge in [0.1, 0.15) is 0 Å². The van der Waals surface area contributed by atoms with Gasteiger partial charge in [0.05, 0.1) is 0 Å². The third kappa shape index (κ3) is 7.51. The first kappa shape index (κ1) is 18.0. The molecule has 0 bridgehead atoms. The minimum absolute atomic E-state index is 0. The first-order valence-electron chi connectivity index (χ1n) is 2.20. The molecule has 1 aromatic rings. The maximum atomic E-state index is 5.56. The third-order valence-electron chi connectivity index (χ3n) is 0.787. The topological polar surface area (TPSA) is 0 Å². The van der Waals surface area contributed by atoms with Crippen LogP contribution in [0.2, 0.25) is 10.0 Å². The molecular weight excluding hydrogens is 238 g/mol. The maximum absolute atomic E-state index is 5.56. The van der Waals surface area contributed by atoms with E-state index in [2.05, 4.69) is 0 Å². The SMILES string of the molecule is Clc1cccc(Cl)c1.[Cl-].[Cl-].[Mg+2]. The number of hydrogen-bond acceptors (Lipinski definition) is 0. The van der Waals surface area contributed by atoms with Crippen molar-refractivity contribution in [2.75, 3.05) is 0 Å². The van der Waals surface area contributed by atoms with Gasteiger partial charge in [-0.2, -0.15) is 0 Å². The molecule has 5 heteroatoms. The first-order chi connectivity index (χ1) is 3.79. The van der Waals surface area contributed by atoms with Crippen molar-refractivity contribution in [3.8, 4) is 0 Å². The Bertz CT molecular complexity index is 174. The smallest absolute Gasteiger partial charge is 1.00 e. The maximum Gasteiger partial charge on any atom is 2.00 e. The Balaban J connectivity index is -0.000000213. The van der Waals surface area contributed by atoms with Gasteiger partial charge < -0.3 is 24.8 Å².